The number of carboxylic acid groups (broad SMARTS) is 1. The van der Waals surface area contributed by atoms with E-state index in [1.165, 1.54) is 0 Å². The molecule has 0 aromatic heterocycles. The third-order valence-electron chi connectivity index (χ3n) is 3.52. The molecule has 1 saturated heterocycles. The van der Waals surface area contributed by atoms with Crippen LogP contribution in [-0.4, -0.2) is 98.4 Å². The minimum atomic E-state index is -2.81. The number of hydroxylamine groups is 1. The van der Waals surface area contributed by atoms with Gasteiger partial charge in [-0.3, -0.25) is 9.63 Å². The number of aliphatic hydroxyl groups excluding tert-OH is 4. The topological polar surface area (TPSA) is 212 Å². The number of Topliss-reactive ketones (excluding diaryl/α,β-unsaturated/α-hetero) is 1. The highest BCUT2D eigenvalue weighted by molar-refractivity contribution is 5.81. The molecular weight excluding hydrogens is 332 g/mol. The van der Waals surface area contributed by atoms with Gasteiger partial charge in [-0.25, -0.2) is 4.79 Å². The third-order valence-corrected chi connectivity index (χ3v) is 3.52. The highest BCUT2D eigenvalue weighted by atomic mass is 16.7. The summed E-state index contributed by atoms with van der Waals surface area (Å²) < 4.78 is 4.91. The van der Waals surface area contributed by atoms with E-state index < -0.39 is 67.6 Å². The van der Waals surface area contributed by atoms with Crippen molar-refractivity contribution in [3.8, 4) is 0 Å². The van der Waals surface area contributed by atoms with Gasteiger partial charge in [-0.15, -0.1) is 0 Å². The first-order valence-electron chi connectivity index (χ1n) is 7.04. The van der Waals surface area contributed by atoms with Crippen LogP contribution >= 0.6 is 0 Å². The molecule has 0 saturated carbocycles. The zero-order chi connectivity index (χ0) is 18.5. The van der Waals surface area contributed by atoms with Crippen molar-refractivity contribution in [1.29, 1.82) is 0 Å². The average Bonchev–Trinajstić information content (AvgIpc) is 2.54. The Labute approximate surface area is 136 Å². The number of aliphatic carboxylic acids is 1. The summed E-state index contributed by atoms with van der Waals surface area (Å²) in [5.74, 6) is -5.11. The molecule has 0 spiro atoms. The first kappa shape index (κ1) is 20.8. The van der Waals surface area contributed by atoms with Crippen molar-refractivity contribution in [2.45, 2.75) is 42.7 Å². The summed E-state index contributed by atoms with van der Waals surface area (Å²) in [5.41, 5.74) is 7.31. The van der Waals surface area contributed by atoms with E-state index in [0.29, 0.717) is 0 Å². The van der Waals surface area contributed by atoms with Crippen molar-refractivity contribution in [2.24, 2.45) is 5.73 Å². The molecule has 0 amide bonds. The number of nitrogens with one attached hydrogen (secondary N) is 1. The minimum Gasteiger partial charge on any atom is -0.477 e. The van der Waals surface area contributed by atoms with Gasteiger partial charge in [-0.05, 0) is 0 Å². The number of carbonyl (C=O) groups is 2. The van der Waals surface area contributed by atoms with E-state index in [9.17, 15) is 30.0 Å². The molecule has 1 heterocycles. The van der Waals surface area contributed by atoms with Crippen LogP contribution < -0.4 is 11.2 Å². The fraction of sp³-hybridized carbons (Fsp3) is 0.833. The molecule has 12 heteroatoms. The van der Waals surface area contributed by atoms with Crippen LogP contribution in [0.3, 0.4) is 0 Å². The molecule has 1 unspecified atom stereocenters. The molecule has 0 aromatic rings. The number of hydrogen-bond donors (Lipinski definition) is 8. The molecule has 1 aliphatic rings. The zero-order valence-electron chi connectivity index (χ0n) is 12.6. The van der Waals surface area contributed by atoms with Crippen LogP contribution in [0.15, 0.2) is 0 Å². The number of carbonyl (C=O) groups excluding carboxylic acids is 1. The number of nitrogens with two attached hydrogens (primary N) is 1. The second-order valence-electron chi connectivity index (χ2n) is 5.36. The number of hydrogen-bond acceptors (Lipinski definition) is 11. The number of ketones is 1. The predicted octanol–water partition coefficient (Wildman–Crippen LogP) is -4.96. The Morgan fingerprint density at radius 1 is 1.42 bits per heavy atom. The van der Waals surface area contributed by atoms with E-state index in [4.69, 9.17) is 25.5 Å². The minimum absolute atomic E-state index is 0.292. The average molecular weight is 354 g/mol. The summed E-state index contributed by atoms with van der Waals surface area (Å²) >= 11 is 0. The first-order chi connectivity index (χ1) is 11.2. The van der Waals surface area contributed by atoms with Crippen molar-refractivity contribution in [3.05, 3.63) is 0 Å². The quantitative estimate of drug-likeness (QED) is 0.183. The number of carboxylic acids is 1. The van der Waals surface area contributed by atoms with Crippen LogP contribution in [0, 0.1) is 0 Å². The van der Waals surface area contributed by atoms with Crippen molar-refractivity contribution in [3.63, 3.8) is 0 Å². The van der Waals surface area contributed by atoms with Gasteiger partial charge in [0.25, 0.3) is 5.79 Å². The lowest BCUT2D eigenvalue weighted by Gasteiger charge is -2.44. The van der Waals surface area contributed by atoms with Gasteiger partial charge < -0.3 is 41.1 Å². The number of aliphatic hydroxyl groups is 5. The smallest absolute Gasteiger partial charge is 0.364 e. The Morgan fingerprint density at radius 3 is 2.54 bits per heavy atom. The second-order valence-corrected chi connectivity index (χ2v) is 5.36. The van der Waals surface area contributed by atoms with Crippen LogP contribution in [-0.2, 0) is 19.2 Å². The second kappa shape index (κ2) is 8.75. The van der Waals surface area contributed by atoms with E-state index in [0.717, 1.165) is 0 Å². The molecule has 9 N–H and O–H groups in total. The van der Waals surface area contributed by atoms with Crippen molar-refractivity contribution in [2.75, 3.05) is 19.8 Å². The van der Waals surface area contributed by atoms with Gasteiger partial charge in [-0.2, -0.15) is 5.48 Å². The van der Waals surface area contributed by atoms with Crippen molar-refractivity contribution < 1.29 is 49.8 Å². The number of rotatable bonds is 9. The molecule has 24 heavy (non-hydrogen) atoms. The monoisotopic (exact) mass is 354 g/mol. The Bertz CT molecular complexity index is 450. The highest BCUT2D eigenvalue weighted by Crippen LogP contribution is 2.30. The first-order valence-corrected chi connectivity index (χ1v) is 7.04. The molecule has 1 fully saturated rings. The molecule has 0 aliphatic carbocycles. The summed E-state index contributed by atoms with van der Waals surface area (Å²) in [6.07, 6.45) is -7.65. The number of ether oxygens (including phenoxy) is 1. The standard InChI is InChI=1S/C12H22N2O10/c13-2-5(16)4-23-14-8-6(17)1-12(22,11(20)21)24-10(8)9(19)7(18)3-15/h6-10,14-15,17-19,22H,1-4,13H2,(H,20,21)/t6-,7+,8+,9+,10+,12?/m0/s1. The van der Waals surface area contributed by atoms with Crippen LogP contribution in [0.25, 0.3) is 0 Å². The van der Waals surface area contributed by atoms with Crippen LogP contribution in [0.2, 0.25) is 0 Å². The molecule has 0 radical (unpaired) electrons. The van der Waals surface area contributed by atoms with E-state index >= 15 is 0 Å². The lowest BCUT2D eigenvalue weighted by Crippen LogP contribution is -2.66. The Hall–Kier alpha value is -1.22. The van der Waals surface area contributed by atoms with Crippen LogP contribution in [0.5, 0.6) is 0 Å². The lowest BCUT2D eigenvalue weighted by atomic mass is 9.89. The summed E-state index contributed by atoms with van der Waals surface area (Å²) in [4.78, 5) is 27.0. The van der Waals surface area contributed by atoms with Gasteiger partial charge in [0.1, 0.15) is 24.9 Å². The molecule has 0 bridgehead atoms. The molecular formula is C12H22N2O10. The Kier molecular flexibility index (Phi) is 7.59. The maximum atomic E-state index is 11.1. The lowest BCUT2D eigenvalue weighted by molar-refractivity contribution is -0.302. The van der Waals surface area contributed by atoms with Crippen LogP contribution in [0.4, 0.5) is 0 Å². The fourth-order valence-corrected chi connectivity index (χ4v) is 2.15. The summed E-state index contributed by atoms with van der Waals surface area (Å²) in [6, 6.07) is -1.31. The molecule has 140 valence electrons. The van der Waals surface area contributed by atoms with E-state index in [-0.39, 0.29) is 6.54 Å². The van der Waals surface area contributed by atoms with E-state index in [1.807, 2.05) is 0 Å². The van der Waals surface area contributed by atoms with Gasteiger partial charge in [0, 0.05) is 6.42 Å². The zero-order valence-corrected chi connectivity index (χ0v) is 12.6. The molecule has 1 aliphatic heterocycles. The van der Waals surface area contributed by atoms with Gasteiger partial charge in [0.2, 0.25) is 0 Å². The molecule has 12 nitrogen and oxygen atoms in total. The largest absolute Gasteiger partial charge is 0.477 e. The highest BCUT2D eigenvalue weighted by Gasteiger charge is 2.53. The molecule has 0 aromatic carbocycles. The molecule has 6 atom stereocenters. The van der Waals surface area contributed by atoms with Crippen LogP contribution in [0.1, 0.15) is 6.42 Å². The van der Waals surface area contributed by atoms with Gasteiger partial charge >= 0.3 is 5.97 Å². The fourth-order valence-electron chi connectivity index (χ4n) is 2.15. The normalized spacial score (nSPS) is 33.0. The van der Waals surface area contributed by atoms with Crippen molar-refractivity contribution in [1.82, 2.24) is 5.48 Å². The summed E-state index contributed by atoms with van der Waals surface area (Å²) in [6.45, 7) is -1.66. The predicted molar refractivity (Wildman–Crippen MR) is 74.1 cm³/mol. The Morgan fingerprint density at radius 2 is 2.04 bits per heavy atom. The SMILES string of the molecule is NCC(=O)CON[C@H]1[C@H]([C@H](O)[C@H](O)CO)OC(O)(C(=O)O)C[C@@H]1O. The van der Waals surface area contributed by atoms with Crippen molar-refractivity contribution >= 4 is 11.8 Å². The summed E-state index contributed by atoms with van der Waals surface area (Å²) in [5, 5.41) is 57.3. The maximum absolute atomic E-state index is 11.1. The van der Waals surface area contributed by atoms with E-state index in [1.54, 1.807) is 0 Å². The van der Waals surface area contributed by atoms with Gasteiger partial charge in [-0.1, -0.05) is 0 Å². The summed E-state index contributed by atoms with van der Waals surface area (Å²) in [7, 11) is 0. The van der Waals surface area contributed by atoms with Gasteiger partial charge in [0.05, 0.1) is 25.3 Å². The van der Waals surface area contributed by atoms with E-state index in [2.05, 4.69) is 5.48 Å². The Balaban J connectivity index is 2.92. The van der Waals surface area contributed by atoms with Gasteiger partial charge in [0.15, 0.2) is 5.78 Å². The third kappa shape index (κ3) is 4.89. The maximum Gasteiger partial charge on any atom is 0.364 e. The molecule has 1 rings (SSSR count).